The number of likely N-dealkylation sites (N-methyl/N-ethyl adjacent to an activating group) is 1. The van der Waals surface area contributed by atoms with E-state index in [1.54, 1.807) is 7.11 Å². The van der Waals surface area contributed by atoms with Crippen LogP contribution in [0, 0.1) is 5.92 Å². The molecule has 2 N–H and O–H groups in total. The number of hydrogen-bond acceptors (Lipinski definition) is 4. The molecule has 0 saturated heterocycles. The van der Waals surface area contributed by atoms with E-state index in [1.165, 1.54) is 0 Å². The monoisotopic (exact) mass is 323 g/mol. The van der Waals surface area contributed by atoms with Crippen molar-refractivity contribution in [2.24, 2.45) is 10.9 Å². The Kier molecular flexibility index (Phi) is 8.90. The first-order chi connectivity index (χ1) is 11.1. The molecule has 0 radical (unpaired) electrons. The van der Waals surface area contributed by atoms with Crippen LogP contribution in [0.1, 0.15) is 13.8 Å². The van der Waals surface area contributed by atoms with Crippen LogP contribution in [0.15, 0.2) is 29.3 Å². The molecule has 0 spiro atoms. The molecule has 1 rings (SSSR count). The molecule has 1 atom stereocenters. The van der Waals surface area contributed by atoms with Crippen LogP contribution in [-0.2, 0) is 0 Å². The third kappa shape index (κ3) is 7.23. The van der Waals surface area contributed by atoms with Crippen LogP contribution < -0.4 is 14.8 Å². The quantitative estimate of drug-likeness (QED) is 0.534. The van der Waals surface area contributed by atoms with Gasteiger partial charge < -0.3 is 24.8 Å². The fourth-order valence-corrected chi connectivity index (χ4v) is 1.85. The number of hydrogen-bond donors (Lipinski definition) is 2. The fourth-order valence-electron chi connectivity index (χ4n) is 1.85. The molecule has 23 heavy (non-hydrogen) atoms. The number of aliphatic hydroxyl groups is 1. The van der Waals surface area contributed by atoms with Crippen LogP contribution in [-0.4, -0.2) is 63.0 Å². The van der Waals surface area contributed by atoms with Gasteiger partial charge in [0, 0.05) is 26.7 Å². The van der Waals surface area contributed by atoms with Gasteiger partial charge in [-0.15, -0.1) is 0 Å². The third-order valence-electron chi connectivity index (χ3n) is 3.32. The second-order valence-electron chi connectivity index (χ2n) is 5.43. The number of methoxy groups -OCH3 is 1. The lowest BCUT2D eigenvalue weighted by molar-refractivity contribution is 0.241. The summed E-state index contributed by atoms with van der Waals surface area (Å²) in [6.07, 6.45) is 0. The highest BCUT2D eigenvalue weighted by Crippen LogP contribution is 2.16. The standard InChI is InChI=1S/C17H29N3O3/c1-5-18-17(19-12-14(2)13-21)20(3)10-11-23-16-8-6-15(22-4)7-9-16/h6-9,14,21H,5,10-13H2,1-4H3,(H,18,19). The average Bonchev–Trinajstić information content (AvgIpc) is 2.58. The van der Waals surface area contributed by atoms with Gasteiger partial charge in [0.05, 0.1) is 13.7 Å². The molecule has 1 aromatic rings. The van der Waals surface area contributed by atoms with Crippen molar-refractivity contribution in [3.05, 3.63) is 24.3 Å². The molecule has 130 valence electrons. The van der Waals surface area contributed by atoms with E-state index in [0.29, 0.717) is 19.7 Å². The Bertz CT molecular complexity index is 463. The Balaban J connectivity index is 2.45. The van der Waals surface area contributed by atoms with E-state index in [9.17, 15) is 0 Å². The number of aliphatic hydroxyl groups excluding tert-OH is 1. The highest BCUT2D eigenvalue weighted by atomic mass is 16.5. The molecule has 0 aromatic heterocycles. The maximum Gasteiger partial charge on any atom is 0.193 e. The van der Waals surface area contributed by atoms with Gasteiger partial charge in [-0.2, -0.15) is 0 Å². The van der Waals surface area contributed by atoms with Crippen LogP contribution in [0.2, 0.25) is 0 Å². The highest BCUT2D eigenvalue weighted by Gasteiger charge is 2.07. The lowest BCUT2D eigenvalue weighted by Crippen LogP contribution is -2.41. The number of nitrogens with one attached hydrogen (secondary N) is 1. The molecular weight excluding hydrogens is 294 g/mol. The number of benzene rings is 1. The maximum absolute atomic E-state index is 9.09. The summed E-state index contributed by atoms with van der Waals surface area (Å²) in [5.74, 6) is 2.61. The first-order valence-electron chi connectivity index (χ1n) is 7.97. The van der Waals surface area contributed by atoms with Crippen LogP contribution in [0.25, 0.3) is 0 Å². The molecule has 0 amide bonds. The Morgan fingerprint density at radius 2 is 1.96 bits per heavy atom. The van der Waals surface area contributed by atoms with Crippen molar-refractivity contribution in [3.63, 3.8) is 0 Å². The molecule has 0 bridgehead atoms. The minimum atomic E-state index is 0.146. The zero-order valence-corrected chi connectivity index (χ0v) is 14.6. The Morgan fingerprint density at radius 3 is 2.52 bits per heavy atom. The number of rotatable bonds is 9. The van der Waals surface area contributed by atoms with Gasteiger partial charge in [0.25, 0.3) is 0 Å². The Hall–Kier alpha value is -1.95. The van der Waals surface area contributed by atoms with Gasteiger partial charge in [0.2, 0.25) is 0 Å². The summed E-state index contributed by atoms with van der Waals surface area (Å²) >= 11 is 0. The zero-order valence-electron chi connectivity index (χ0n) is 14.6. The van der Waals surface area contributed by atoms with Crippen LogP contribution in [0.3, 0.4) is 0 Å². The fraction of sp³-hybridized carbons (Fsp3) is 0.588. The summed E-state index contributed by atoms with van der Waals surface area (Å²) < 4.78 is 10.9. The number of aliphatic imine (C=N–C) groups is 1. The number of ether oxygens (including phenoxy) is 2. The first kappa shape index (κ1) is 19.1. The largest absolute Gasteiger partial charge is 0.497 e. The average molecular weight is 323 g/mol. The topological polar surface area (TPSA) is 66.3 Å². The SMILES string of the molecule is CCNC(=NCC(C)CO)N(C)CCOc1ccc(OC)cc1. The van der Waals surface area contributed by atoms with Gasteiger partial charge in [0.1, 0.15) is 18.1 Å². The highest BCUT2D eigenvalue weighted by molar-refractivity contribution is 5.79. The second kappa shape index (κ2) is 10.7. The molecule has 6 nitrogen and oxygen atoms in total. The molecule has 1 aromatic carbocycles. The minimum Gasteiger partial charge on any atom is -0.497 e. The molecule has 0 fully saturated rings. The van der Waals surface area contributed by atoms with Crippen molar-refractivity contribution in [3.8, 4) is 11.5 Å². The summed E-state index contributed by atoms with van der Waals surface area (Å²) in [5.41, 5.74) is 0. The summed E-state index contributed by atoms with van der Waals surface area (Å²) in [7, 11) is 3.62. The van der Waals surface area contributed by atoms with E-state index in [0.717, 1.165) is 24.0 Å². The van der Waals surface area contributed by atoms with E-state index in [2.05, 4.69) is 10.3 Å². The van der Waals surface area contributed by atoms with E-state index in [-0.39, 0.29) is 12.5 Å². The van der Waals surface area contributed by atoms with Crippen LogP contribution in [0.4, 0.5) is 0 Å². The van der Waals surface area contributed by atoms with Crippen molar-refractivity contribution in [1.82, 2.24) is 10.2 Å². The van der Waals surface area contributed by atoms with Crippen molar-refractivity contribution < 1.29 is 14.6 Å². The second-order valence-corrected chi connectivity index (χ2v) is 5.43. The van der Waals surface area contributed by atoms with Gasteiger partial charge in [-0.1, -0.05) is 6.92 Å². The van der Waals surface area contributed by atoms with Gasteiger partial charge in [0.15, 0.2) is 5.96 Å². The summed E-state index contributed by atoms with van der Waals surface area (Å²) in [5, 5.41) is 12.3. The van der Waals surface area contributed by atoms with E-state index in [1.807, 2.05) is 50.1 Å². The molecule has 0 aliphatic carbocycles. The van der Waals surface area contributed by atoms with Crippen molar-refractivity contribution >= 4 is 5.96 Å². The predicted molar refractivity (Wildman–Crippen MR) is 93.3 cm³/mol. The van der Waals surface area contributed by atoms with Crippen LogP contribution in [0.5, 0.6) is 11.5 Å². The van der Waals surface area contributed by atoms with Gasteiger partial charge in [-0.25, -0.2) is 0 Å². The van der Waals surface area contributed by atoms with Gasteiger partial charge in [-0.3, -0.25) is 4.99 Å². The molecule has 0 aliphatic rings. The molecule has 0 aliphatic heterocycles. The smallest absolute Gasteiger partial charge is 0.193 e. The van der Waals surface area contributed by atoms with Gasteiger partial charge >= 0.3 is 0 Å². The molecule has 0 heterocycles. The summed E-state index contributed by atoms with van der Waals surface area (Å²) in [6, 6.07) is 7.53. The summed E-state index contributed by atoms with van der Waals surface area (Å²) in [6.45, 7) is 6.83. The predicted octanol–water partition coefficient (Wildman–Crippen LogP) is 1.60. The lowest BCUT2D eigenvalue weighted by atomic mass is 10.2. The number of nitrogens with zero attached hydrogens (tertiary/aromatic N) is 2. The van der Waals surface area contributed by atoms with Crippen LogP contribution >= 0.6 is 0 Å². The molecule has 0 saturated carbocycles. The van der Waals surface area contributed by atoms with E-state index in [4.69, 9.17) is 14.6 Å². The Morgan fingerprint density at radius 1 is 1.30 bits per heavy atom. The Labute approximate surface area is 139 Å². The molecular formula is C17H29N3O3. The van der Waals surface area contributed by atoms with Crippen molar-refractivity contribution in [2.75, 3.05) is 47.0 Å². The number of guanidine groups is 1. The van der Waals surface area contributed by atoms with Crippen molar-refractivity contribution in [2.45, 2.75) is 13.8 Å². The minimum absolute atomic E-state index is 0.146. The lowest BCUT2D eigenvalue weighted by Gasteiger charge is -2.22. The zero-order chi connectivity index (χ0) is 17.1. The molecule has 1 unspecified atom stereocenters. The summed E-state index contributed by atoms with van der Waals surface area (Å²) in [4.78, 5) is 6.56. The molecule has 6 heteroatoms. The van der Waals surface area contributed by atoms with Crippen molar-refractivity contribution in [1.29, 1.82) is 0 Å². The first-order valence-corrected chi connectivity index (χ1v) is 7.97. The third-order valence-corrected chi connectivity index (χ3v) is 3.32. The van der Waals surface area contributed by atoms with E-state index >= 15 is 0 Å². The van der Waals surface area contributed by atoms with Gasteiger partial charge in [-0.05, 0) is 37.1 Å². The normalized spacial score (nSPS) is 12.7. The maximum atomic E-state index is 9.09. The van der Waals surface area contributed by atoms with E-state index < -0.39 is 0 Å².